The second kappa shape index (κ2) is 7.17. The monoisotopic (exact) mass is 341 g/mol. The van der Waals surface area contributed by atoms with Crippen LogP contribution in [0.5, 0.6) is 0 Å². The highest BCUT2D eigenvalue weighted by atomic mass is 35.5. The first-order chi connectivity index (χ1) is 10.7. The largest absolute Gasteiger partial charge is 0.379 e. The number of hydrogen-bond donors (Lipinski definition) is 1. The zero-order valence-corrected chi connectivity index (χ0v) is 14.0. The van der Waals surface area contributed by atoms with Gasteiger partial charge < -0.3 is 10.1 Å². The van der Waals surface area contributed by atoms with Crippen molar-refractivity contribution in [3.05, 3.63) is 29.0 Å². The van der Waals surface area contributed by atoms with E-state index in [-0.39, 0.29) is 11.4 Å². The second-order valence-electron chi connectivity index (χ2n) is 5.67. The van der Waals surface area contributed by atoms with Crippen molar-refractivity contribution in [2.24, 2.45) is 0 Å². The minimum atomic E-state index is -0.160. The first-order valence-electron chi connectivity index (χ1n) is 7.50. The third kappa shape index (κ3) is 3.56. The van der Waals surface area contributed by atoms with Gasteiger partial charge in [-0.2, -0.15) is 11.8 Å². The van der Waals surface area contributed by atoms with E-state index in [0.717, 1.165) is 44.2 Å². The maximum atomic E-state index is 12.3. The molecule has 1 unspecified atom stereocenters. The SMILES string of the molecule is O=C(NCC1(N2CCOCC2)CCSC1)c1cc(Cl)ccn1. The molecule has 2 aliphatic heterocycles. The molecule has 1 aromatic heterocycles. The quantitative estimate of drug-likeness (QED) is 0.903. The number of carbonyl (C=O) groups excluding carboxylic acids is 1. The summed E-state index contributed by atoms with van der Waals surface area (Å²) < 4.78 is 5.45. The van der Waals surface area contributed by atoms with Crippen LogP contribution in [0, 0.1) is 0 Å². The number of amides is 1. The van der Waals surface area contributed by atoms with Gasteiger partial charge in [0.25, 0.3) is 5.91 Å². The number of nitrogens with zero attached hydrogens (tertiary/aromatic N) is 2. The molecule has 5 nitrogen and oxygen atoms in total. The van der Waals surface area contributed by atoms with Gasteiger partial charge in [-0.1, -0.05) is 11.6 Å². The number of pyridine rings is 1. The number of rotatable bonds is 4. The Morgan fingerprint density at radius 1 is 1.50 bits per heavy atom. The predicted molar refractivity (Wildman–Crippen MR) is 88.6 cm³/mol. The van der Waals surface area contributed by atoms with E-state index in [9.17, 15) is 4.79 Å². The van der Waals surface area contributed by atoms with Crippen molar-refractivity contribution < 1.29 is 9.53 Å². The van der Waals surface area contributed by atoms with Crippen LogP contribution in [0.25, 0.3) is 0 Å². The zero-order chi connectivity index (χ0) is 15.4. The van der Waals surface area contributed by atoms with Gasteiger partial charge in [0.15, 0.2) is 0 Å². The first kappa shape index (κ1) is 16.1. The summed E-state index contributed by atoms with van der Waals surface area (Å²) in [6, 6.07) is 3.27. The second-order valence-corrected chi connectivity index (χ2v) is 7.21. The Morgan fingerprint density at radius 3 is 3.00 bits per heavy atom. The Labute approximate surface area is 139 Å². The number of hydrogen-bond acceptors (Lipinski definition) is 5. The molecule has 1 amide bonds. The molecule has 0 aliphatic carbocycles. The van der Waals surface area contributed by atoms with Gasteiger partial charge in [-0.05, 0) is 24.3 Å². The summed E-state index contributed by atoms with van der Waals surface area (Å²) in [6.07, 6.45) is 2.65. The average molecular weight is 342 g/mol. The molecule has 0 saturated carbocycles. The van der Waals surface area contributed by atoms with Crippen LogP contribution in [0.4, 0.5) is 0 Å². The van der Waals surface area contributed by atoms with Gasteiger partial charge in [0.2, 0.25) is 0 Å². The minimum Gasteiger partial charge on any atom is -0.379 e. The molecule has 1 aromatic rings. The van der Waals surface area contributed by atoms with Crippen molar-refractivity contribution in [2.45, 2.75) is 12.0 Å². The van der Waals surface area contributed by atoms with Crippen molar-refractivity contribution >= 4 is 29.3 Å². The summed E-state index contributed by atoms with van der Waals surface area (Å²) in [5.74, 6) is 2.03. The number of carbonyl (C=O) groups is 1. The van der Waals surface area contributed by atoms with E-state index >= 15 is 0 Å². The number of ether oxygens (including phenoxy) is 1. The lowest BCUT2D eigenvalue weighted by Gasteiger charge is -2.43. The highest BCUT2D eigenvalue weighted by Crippen LogP contribution is 2.33. The molecular weight excluding hydrogens is 322 g/mol. The van der Waals surface area contributed by atoms with Crippen LogP contribution >= 0.6 is 23.4 Å². The molecule has 0 bridgehead atoms. The molecular formula is C15H20ClN3O2S. The maximum absolute atomic E-state index is 12.3. The van der Waals surface area contributed by atoms with Gasteiger partial charge in [-0.15, -0.1) is 0 Å². The summed E-state index contributed by atoms with van der Waals surface area (Å²) in [5.41, 5.74) is 0.415. The molecule has 7 heteroatoms. The topological polar surface area (TPSA) is 54.5 Å². The highest BCUT2D eigenvalue weighted by molar-refractivity contribution is 7.99. The molecule has 2 aliphatic rings. The van der Waals surface area contributed by atoms with Crippen molar-refractivity contribution in [3.8, 4) is 0 Å². The fraction of sp³-hybridized carbons (Fsp3) is 0.600. The highest BCUT2D eigenvalue weighted by Gasteiger charge is 2.40. The fourth-order valence-corrected chi connectivity index (χ4v) is 4.64. The van der Waals surface area contributed by atoms with Crippen molar-refractivity contribution in [1.82, 2.24) is 15.2 Å². The first-order valence-corrected chi connectivity index (χ1v) is 9.03. The number of halogens is 1. The van der Waals surface area contributed by atoms with Crippen molar-refractivity contribution in [1.29, 1.82) is 0 Å². The maximum Gasteiger partial charge on any atom is 0.269 e. The molecule has 2 saturated heterocycles. The van der Waals surface area contributed by atoms with Gasteiger partial charge >= 0.3 is 0 Å². The van der Waals surface area contributed by atoms with Crippen LogP contribution in [0.2, 0.25) is 5.02 Å². The molecule has 3 heterocycles. The van der Waals surface area contributed by atoms with E-state index < -0.39 is 0 Å². The molecule has 120 valence electrons. The van der Waals surface area contributed by atoms with E-state index in [0.29, 0.717) is 17.3 Å². The standard InChI is InChI=1S/C15H20ClN3O2S/c16-12-1-3-17-13(9-12)14(20)18-10-15(2-8-22-11-15)19-4-6-21-7-5-19/h1,3,9H,2,4-8,10-11H2,(H,18,20). The lowest BCUT2D eigenvalue weighted by atomic mass is 9.95. The number of thioether (sulfide) groups is 1. The summed E-state index contributed by atoms with van der Waals surface area (Å²) in [7, 11) is 0. The van der Waals surface area contributed by atoms with Gasteiger partial charge in [0, 0.05) is 42.1 Å². The van der Waals surface area contributed by atoms with Crippen molar-refractivity contribution in [2.75, 3.05) is 44.4 Å². The van der Waals surface area contributed by atoms with E-state index in [1.165, 1.54) is 0 Å². The van der Waals surface area contributed by atoms with E-state index in [2.05, 4.69) is 15.2 Å². The van der Waals surface area contributed by atoms with E-state index in [1.807, 2.05) is 11.8 Å². The van der Waals surface area contributed by atoms with Crippen LogP contribution in [0.15, 0.2) is 18.3 Å². The third-order valence-corrected chi connectivity index (χ3v) is 5.77. The zero-order valence-electron chi connectivity index (χ0n) is 12.4. The summed E-state index contributed by atoms with van der Waals surface area (Å²) >= 11 is 7.87. The number of morpholine rings is 1. The molecule has 1 N–H and O–H groups in total. The van der Waals surface area contributed by atoms with Gasteiger partial charge in [-0.3, -0.25) is 14.7 Å². The molecule has 0 aromatic carbocycles. The predicted octanol–water partition coefficient (Wildman–Crippen LogP) is 1.67. The van der Waals surface area contributed by atoms with Gasteiger partial charge in [0.05, 0.1) is 13.2 Å². The molecule has 2 fully saturated rings. The van der Waals surface area contributed by atoms with Crippen LogP contribution in [-0.4, -0.2) is 65.7 Å². The summed E-state index contributed by atoms with van der Waals surface area (Å²) in [5, 5.41) is 3.58. The Bertz CT molecular complexity index is 531. The summed E-state index contributed by atoms with van der Waals surface area (Å²) in [6.45, 7) is 4.07. The lowest BCUT2D eigenvalue weighted by molar-refractivity contribution is -0.0129. The van der Waals surface area contributed by atoms with Crippen molar-refractivity contribution in [3.63, 3.8) is 0 Å². The number of nitrogens with one attached hydrogen (secondary N) is 1. The fourth-order valence-electron chi connectivity index (χ4n) is 3.00. The van der Waals surface area contributed by atoms with Crippen LogP contribution < -0.4 is 5.32 Å². The Morgan fingerprint density at radius 2 is 2.32 bits per heavy atom. The average Bonchev–Trinajstić information content (AvgIpc) is 3.04. The molecule has 1 atom stereocenters. The van der Waals surface area contributed by atoms with Crippen LogP contribution in [0.1, 0.15) is 16.9 Å². The Balaban J connectivity index is 1.65. The molecule has 22 heavy (non-hydrogen) atoms. The van der Waals surface area contributed by atoms with Crippen LogP contribution in [-0.2, 0) is 4.74 Å². The molecule has 0 spiro atoms. The Hall–Kier alpha value is -0.820. The lowest BCUT2D eigenvalue weighted by Crippen LogP contribution is -2.59. The smallest absolute Gasteiger partial charge is 0.269 e. The minimum absolute atomic E-state index is 0.0443. The third-order valence-electron chi connectivity index (χ3n) is 4.30. The van der Waals surface area contributed by atoms with E-state index in [4.69, 9.17) is 16.3 Å². The van der Waals surface area contributed by atoms with Crippen LogP contribution in [0.3, 0.4) is 0 Å². The van der Waals surface area contributed by atoms with E-state index in [1.54, 1.807) is 18.3 Å². The number of aromatic nitrogens is 1. The van der Waals surface area contributed by atoms with Gasteiger partial charge in [-0.25, -0.2) is 0 Å². The normalized spacial score (nSPS) is 26.0. The Kier molecular flexibility index (Phi) is 5.23. The molecule has 3 rings (SSSR count). The summed E-state index contributed by atoms with van der Waals surface area (Å²) in [4.78, 5) is 18.9. The molecule has 0 radical (unpaired) electrons. The van der Waals surface area contributed by atoms with Gasteiger partial charge in [0.1, 0.15) is 5.69 Å².